The summed E-state index contributed by atoms with van der Waals surface area (Å²) in [5.41, 5.74) is 9.90. The van der Waals surface area contributed by atoms with Crippen molar-refractivity contribution < 1.29 is 19.4 Å². The van der Waals surface area contributed by atoms with E-state index in [-0.39, 0.29) is 18.1 Å². The Labute approximate surface area is 244 Å². The Morgan fingerprint density at radius 3 is 2.59 bits per heavy atom. The van der Waals surface area contributed by atoms with Crippen LogP contribution < -0.4 is 20.5 Å². The van der Waals surface area contributed by atoms with Crippen LogP contribution in [0.5, 0.6) is 17.4 Å². The SMILES string of the molecule is C[C@H]1C=C(CC(C)(C)NC[C@H](O)COc2ccccc2-c2cccs2)c2cccc(Oc3ccc(C(N)=O)cn3)c21. The number of aliphatic hydroxyl groups is 1. The molecule has 1 aliphatic rings. The second kappa shape index (κ2) is 12.3. The molecule has 0 saturated carbocycles. The van der Waals surface area contributed by atoms with Crippen LogP contribution in [-0.4, -0.2) is 40.8 Å². The molecule has 0 aliphatic heterocycles. The minimum Gasteiger partial charge on any atom is -0.490 e. The summed E-state index contributed by atoms with van der Waals surface area (Å²) < 4.78 is 12.1. The van der Waals surface area contributed by atoms with Crippen LogP contribution in [-0.2, 0) is 0 Å². The number of para-hydroxylation sites is 1. The number of thiophene rings is 1. The number of hydrogen-bond acceptors (Lipinski definition) is 7. The highest BCUT2D eigenvalue weighted by molar-refractivity contribution is 7.13. The maximum absolute atomic E-state index is 11.4. The van der Waals surface area contributed by atoms with Crippen LogP contribution in [0, 0.1) is 0 Å². The second-order valence-electron chi connectivity index (χ2n) is 10.9. The van der Waals surface area contributed by atoms with Gasteiger partial charge in [0.25, 0.3) is 0 Å². The first-order valence-electron chi connectivity index (χ1n) is 13.7. The molecule has 0 radical (unpaired) electrons. The Balaban J connectivity index is 1.19. The molecule has 4 N–H and O–H groups in total. The summed E-state index contributed by atoms with van der Waals surface area (Å²) in [6.07, 6.45) is 3.80. The number of primary amides is 1. The molecule has 0 saturated heterocycles. The summed E-state index contributed by atoms with van der Waals surface area (Å²) in [5, 5.41) is 16.3. The Hall–Kier alpha value is -3.98. The summed E-state index contributed by atoms with van der Waals surface area (Å²) in [7, 11) is 0. The van der Waals surface area contributed by atoms with Crippen LogP contribution >= 0.6 is 11.3 Å². The third-order valence-electron chi connectivity index (χ3n) is 7.11. The Kier molecular flexibility index (Phi) is 8.54. The highest BCUT2D eigenvalue weighted by Gasteiger charge is 2.29. The molecule has 7 nitrogen and oxygen atoms in total. The largest absolute Gasteiger partial charge is 0.490 e. The number of aliphatic hydroxyl groups excluding tert-OH is 1. The van der Waals surface area contributed by atoms with E-state index in [9.17, 15) is 9.90 Å². The minimum atomic E-state index is -0.664. The molecule has 0 unspecified atom stereocenters. The number of benzene rings is 2. The summed E-state index contributed by atoms with van der Waals surface area (Å²) in [6, 6.07) is 21.3. The van der Waals surface area contributed by atoms with Gasteiger partial charge in [-0.2, -0.15) is 0 Å². The maximum atomic E-state index is 11.4. The smallest absolute Gasteiger partial charge is 0.250 e. The number of aromatic nitrogens is 1. The van der Waals surface area contributed by atoms with Crippen LogP contribution in [0.2, 0.25) is 0 Å². The van der Waals surface area contributed by atoms with Gasteiger partial charge in [0.05, 0.1) is 5.56 Å². The molecule has 41 heavy (non-hydrogen) atoms. The summed E-state index contributed by atoms with van der Waals surface area (Å²) >= 11 is 1.66. The zero-order valence-electron chi connectivity index (χ0n) is 23.5. The maximum Gasteiger partial charge on any atom is 0.250 e. The zero-order valence-corrected chi connectivity index (χ0v) is 24.3. The van der Waals surface area contributed by atoms with Gasteiger partial charge in [0.2, 0.25) is 11.8 Å². The summed E-state index contributed by atoms with van der Waals surface area (Å²) in [5.74, 6) is 1.55. The predicted octanol–water partition coefficient (Wildman–Crippen LogP) is 6.40. The molecule has 212 valence electrons. The van der Waals surface area contributed by atoms with Crippen molar-refractivity contribution in [1.29, 1.82) is 0 Å². The molecule has 4 aromatic rings. The van der Waals surface area contributed by atoms with Gasteiger partial charge >= 0.3 is 0 Å². The number of ether oxygens (including phenoxy) is 2. The minimum absolute atomic E-state index is 0.166. The van der Waals surface area contributed by atoms with Crippen molar-refractivity contribution in [2.24, 2.45) is 5.73 Å². The lowest BCUT2D eigenvalue weighted by molar-refractivity contribution is 0.0994. The third-order valence-corrected chi connectivity index (χ3v) is 8.01. The van der Waals surface area contributed by atoms with Crippen LogP contribution in [0.3, 0.4) is 0 Å². The molecule has 2 heterocycles. The Morgan fingerprint density at radius 1 is 1.07 bits per heavy atom. The summed E-state index contributed by atoms with van der Waals surface area (Å²) in [4.78, 5) is 16.7. The van der Waals surface area contributed by atoms with Crippen molar-refractivity contribution >= 4 is 22.8 Å². The number of allylic oxidation sites excluding steroid dienone is 1. The number of pyridine rings is 1. The fourth-order valence-electron chi connectivity index (χ4n) is 5.12. The van der Waals surface area contributed by atoms with Crippen molar-refractivity contribution in [3.8, 4) is 27.8 Å². The zero-order chi connectivity index (χ0) is 29.0. The molecule has 2 aromatic heterocycles. The monoisotopic (exact) mass is 569 g/mol. The number of nitrogens with one attached hydrogen (secondary N) is 1. The highest BCUT2D eigenvalue weighted by atomic mass is 32.1. The molecule has 2 atom stereocenters. The highest BCUT2D eigenvalue weighted by Crippen LogP contribution is 2.45. The number of carbonyl (C=O) groups is 1. The van der Waals surface area contributed by atoms with Crippen LogP contribution in [0.1, 0.15) is 54.6 Å². The van der Waals surface area contributed by atoms with Gasteiger partial charge in [0.1, 0.15) is 24.2 Å². The Bertz CT molecular complexity index is 1530. The summed E-state index contributed by atoms with van der Waals surface area (Å²) in [6.45, 7) is 7.03. The van der Waals surface area contributed by atoms with Gasteiger partial charge in [-0.05, 0) is 67.1 Å². The standard InChI is InChI=1S/C33H35N3O4S/c1-21-16-23(25-9-6-11-28(31(21)25)40-30-14-13-22(18-35-30)32(34)38)17-33(2,3)36-19-24(37)20-39-27-10-5-4-8-26(27)29-12-7-15-41-29/h4-16,18,21,24,36-37H,17,19-20H2,1-3H3,(H2,34,38)/t21-,24-/m0/s1. The molecule has 5 rings (SSSR count). The Morgan fingerprint density at radius 2 is 1.85 bits per heavy atom. The van der Waals surface area contributed by atoms with Crippen molar-refractivity contribution in [2.45, 2.75) is 44.8 Å². The van der Waals surface area contributed by atoms with E-state index in [4.69, 9.17) is 15.2 Å². The molecular formula is C33H35N3O4S. The van der Waals surface area contributed by atoms with Gasteiger partial charge in [0.15, 0.2) is 0 Å². The van der Waals surface area contributed by atoms with Crippen molar-refractivity contribution in [3.05, 3.63) is 101 Å². The quantitative estimate of drug-likeness (QED) is 0.182. The van der Waals surface area contributed by atoms with Crippen LogP contribution in [0.4, 0.5) is 0 Å². The lowest BCUT2D eigenvalue weighted by Gasteiger charge is -2.29. The molecular weight excluding hydrogens is 534 g/mol. The molecule has 1 aliphatic carbocycles. The predicted molar refractivity (Wildman–Crippen MR) is 164 cm³/mol. The molecule has 0 fully saturated rings. The number of nitrogens with two attached hydrogens (primary N) is 1. The lowest BCUT2D eigenvalue weighted by atomic mass is 9.91. The van der Waals surface area contributed by atoms with Crippen LogP contribution in [0.25, 0.3) is 16.0 Å². The fraction of sp³-hybridized carbons (Fsp3) is 0.273. The fourth-order valence-corrected chi connectivity index (χ4v) is 5.87. The second-order valence-corrected chi connectivity index (χ2v) is 11.9. The number of amides is 1. The van der Waals surface area contributed by atoms with E-state index in [1.165, 1.54) is 11.8 Å². The van der Waals surface area contributed by atoms with E-state index in [0.29, 0.717) is 18.0 Å². The van der Waals surface area contributed by atoms with Crippen molar-refractivity contribution in [2.75, 3.05) is 13.2 Å². The van der Waals surface area contributed by atoms with Gasteiger partial charge in [-0.25, -0.2) is 4.98 Å². The number of nitrogens with zero attached hydrogens (tertiary/aromatic N) is 1. The van der Waals surface area contributed by atoms with Gasteiger partial charge in [-0.3, -0.25) is 4.79 Å². The average Bonchev–Trinajstić information content (AvgIpc) is 3.60. The van der Waals surface area contributed by atoms with Crippen molar-refractivity contribution in [1.82, 2.24) is 10.3 Å². The van der Waals surface area contributed by atoms with Gasteiger partial charge < -0.3 is 25.6 Å². The normalized spacial score (nSPS) is 15.2. The van der Waals surface area contributed by atoms with E-state index in [1.807, 2.05) is 47.8 Å². The first-order chi connectivity index (χ1) is 19.7. The third kappa shape index (κ3) is 6.85. The van der Waals surface area contributed by atoms with Crippen molar-refractivity contribution in [3.63, 3.8) is 0 Å². The van der Waals surface area contributed by atoms with Gasteiger partial charge in [-0.1, -0.05) is 43.3 Å². The molecule has 1 amide bonds. The topological polar surface area (TPSA) is 107 Å². The number of hydrogen-bond donors (Lipinski definition) is 3. The van der Waals surface area contributed by atoms with Crippen LogP contribution in [0.15, 0.2) is 84.4 Å². The molecule has 2 aromatic carbocycles. The lowest BCUT2D eigenvalue weighted by Crippen LogP contribution is -2.44. The van der Waals surface area contributed by atoms with E-state index < -0.39 is 12.0 Å². The number of β-amino-alcohol motifs (C(OH)–C–C–N with tert-alkyl or cyclic N) is 1. The molecule has 8 heteroatoms. The van der Waals surface area contributed by atoms with E-state index in [1.54, 1.807) is 23.5 Å². The first kappa shape index (κ1) is 28.5. The van der Waals surface area contributed by atoms with E-state index in [2.05, 4.69) is 49.3 Å². The number of carbonyl (C=O) groups excluding carboxylic acids is 1. The average molecular weight is 570 g/mol. The van der Waals surface area contributed by atoms with E-state index in [0.717, 1.165) is 39.5 Å². The number of rotatable bonds is 12. The van der Waals surface area contributed by atoms with Gasteiger partial charge in [-0.15, -0.1) is 11.3 Å². The first-order valence-corrected chi connectivity index (χ1v) is 14.5. The molecule has 0 bridgehead atoms. The van der Waals surface area contributed by atoms with E-state index >= 15 is 0 Å². The molecule has 0 spiro atoms. The van der Waals surface area contributed by atoms with Gasteiger partial charge in [0, 0.05) is 46.3 Å². The number of fused-ring (bicyclic) bond motifs is 1.